The maximum absolute atomic E-state index is 9.67. The van der Waals surface area contributed by atoms with Crippen molar-refractivity contribution in [1.29, 1.82) is 0 Å². The fourth-order valence-electron chi connectivity index (χ4n) is 1.76. The van der Waals surface area contributed by atoms with E-state index in [1.54, 1.807) is 6.21 Å². The SMILES string of the molecule is Cc1cc(/C=N\Nc2ccccc2)cc(C)c1O. The molecular weight excluding hydrogens is 224 g/mol. The summed E-state index contributed by atoms with van der Waals surface area (Å²) in [5, 5.41) is 13.8. The molecule has 2 aromatic carbocycles. The summed E-state index contributed by atoms with van der Waals surface area (Å²) in [5.74, 6) is 0.350. The number of benzene rings is 2. The van der Waals surface area contributed by atoms with Crippen LogP contribution in [0.4, 0.5) is 5.69 Å². The quantitative estimate of drug-likeness (QED) is 0.637. The van der Waals surface area contributed by atoms with Gasteiger partial charge >= 0.3 is 0 Å². The Morgan fingerprint density at radius 3 is 2.28 bits per heavy atom. The molecule has 0 saturated heterocycles. The van der Waals surface area contributed by atoms with Gasteiger partial charge < -0.3 is 5.11 Å². The number of nitrogens with zero attached hydrogens (tertiary/aromatic N) is 1. The summed E-state index contributed by atoms with van der Waals surface area (Å²) in [7, 11) is 0. The lowest BCUT2D eigenvalue weighted by molar-refractivity contribution is 0.467. The summed E-state index contributed by atoms with van der Waals surface area (Å²) in [6, 6.07) is 13.6. The van der Waals surface area contributed by atoms with Crippen molar-refractivity contribution in [3.63, 3.8) is 0 Å². The number of phenols is 1. The summed E-state index contributed by atoms with van der Waals surface area (Å²) in [6.07, 6.45) is 1.74. The van der Waals surface area contributed by atoms with Gasteiger partial charge in [-0.05, 0) is 54.8 Å². The van der Waals surface area contributed by atoms with Crippen LogP contribution in [0, 0.1) is 13.8 Å². The number of hydrogen-bond donors (Lipinski definition) is 2. The number of anilines is 1. The Morgan fingerprint density at radius 1 is 1.06 bits per heavy atom. The first-order valence-corrected chi connectivity index (χ1v) is 5.81. The van der Waals surface area contributed by atoms with Gasteiger partial charge in [-0.25, -0.2) is 0 Å². The first-order valence-electron chi connectivity index (χ1n) is 5.81. The molecule has 3 heteroatoms. The second-order valence-electron chi connectivity index (χ2n) is 4.24. The Balaban J connectivity index is 2.10. The molecule has 0 aliphatic heterocycles. The molecule has 92 valence electrons. The van der Waals surface area contributed by atoms with Crippen LogP contribution in [0.2, 0.25) is 0 Å². The first kappa shape index (κ1) is 12.2. The molecule has 0 heterocycles. The molecule has 0 aliphatic rings. The van der Waals surface area contributed by atoms with Gasteiger partial charge in [-0.1, -0.05) is 18.2 Å². The second-order valence-corrected chi connectivity index (χ2v) is 4.24. The highest BCUT2D eigenvalue weighted by molar-refractivity contribution is 5.81. The van der Waals surface area contributed by atoms with E-state index in [9.17, 15) is 5.11 Å². The molecule has 0 atom stereocenters. The van der Waals surface area contributed by atoms with Crippen LogP contribution in [0.1, 0.15) is 16.7 Å². The number of nitrogens with one attached hydrogen (secondary N) is 1. The minimum absolute atomic E-state index is 0.350. The lowest BCUT2D eigenvalue weighted by Crippen LogP contribution is -1.92. The van der Waals surface area contributed by atoms with Crippen LogP contribution in [0.15, 0.2) is 47.6 Å². The zero-order chi connectivity index (χ0) is 13.0. The van der Waals surface area contributed by atoms with E-state index in [4.69, 9.17) is 0 Å². The smallest absolute Gasteiger partial charge is 0.121 e. The summed E-state index contributed by atoms with van der Waals surface area (Å²) in [5.41, 5.74) is 6.58. The number of aromatic hydroxyl groups is 1. The Bertz CT molecular complexity index is 539. The Hall–Kier alpha value is -2.29. The van der Waals surface area contributed by atoms with Gasteiger partial charge in [0.2, 0.25) is 0 Å². The van der Waals surface area contributed by atoms with Gasteiger partial charge in [-0.15, -0.1) is 0 Å². The van der Waals surface area contributed by atoms with Crippen LogP contribution >= 0.6 is 0 Å². The van der Waals surface area contributed by atoms with Crippen LogP contribution in [-0.2, 0) is 0 Å². The Labute approximate surface area is 107 Å². The zero-order valence-electron chi connectivity index (χ0n) is 10.5. The maximum Gasteiger partial charge on any atom is 0.121 e. The largest absolute Gasteiger partial charge is 0.507 e. The number of hydrogen-bond acceptors (Lipinski definition) is 3. The maximum atomic E-state index is 9.67. The average Bonchev–Trinajstić information content (AvgIpc) is 2.37. The van der Waals surface area contributed by atoms with Crippen molar-refractivity contribution < 1.29 is 5.11 Å². The first-order chi connectivity index (χ1) is 8.66. The molecule has 0 unspecified atom stereocenters. The lowest BCUT2D eigenvalue weighted by atomic mass is 10.1. The predicted molar refractivity (Wildman–Crippen MR) is 75.2 cm³/mol. The molecule has 18 heavy (non-hydrogen) atoms. The lowest BCUT2D eigenvalue weighted by Gasteiger charge is -2.04. The van der Waals surface area contributed by atoms with Crippen LogP contribution in [-0.4, -0.2) is 11.3 Å². The molecule has 0 aromatic heterocycles. The van der Waals surface area contributed by atoms with Gasteiger partial charge in [0.25, 0.3) is 0 Å². The third kappa shape index (κ3) is 2.88. The van der Waals surface area contributed by atoms with Crippen LogP contribution in [0.3, 0.4) is 0 Å². The molecule has 2 aromatic rings. The highest BCUT2D eigenvalue weighted by atomic mass is 16.3. The minimum atomic E-state index is 0.350. The summed E-state index contributed by atoms with van der Waals surface area (Å²) >= 11 is 0. The molecule has 0 bridgehead atoms. The van der Waals surface area contributed by atoms with E-state index >= 15 is 0 Å². The number of phenolic OH excluding ortho intramolecular Hbond substituents is 1. The fraction of sp³-hybridized carbons (Fsp3) is 0.133. The molecule has 0 amide bonds. The molecule has 2 rings (SSSR count). The minimum Gasteiger partial charge on any atom is -0.507 e. The van der Waals surface area contributed by atoms with Crippen molar-refractivity contribution in [3.05, 3.63) is 59.2 Å². The van der Waals surface area contributed by atoms with Crippen LogP contribution < -0.4 is 5.43 Å². The molecule has 0 aliphatic carbocycles. The van der Waals surface area contributed by atoms with Gasteiger partial charge in [0.05, 0.1) is 11.9 Å². The molecule has 0 spiro atoms. The Kier molecular flexibility index (Phi) is 3.63. The third-order valence-electron chi connectivity index (χ3n) is 2.69. The number of para-hydroxylation sites is 1. The van der Waals surface area contributed by atoms with Gasteiger partial charge in [-0.2, -0.15) is 5.10 Å². The molecule has 0 saturated carbocycles. The highest BCUT2D eigenvalue weighted by Gasteiger charge is 2.01. The van der Waals surface area contributed by atoms with E-state index in [2.05, 4.69) is 10.5 Å². The van der Waals surface area contributed by atoms with E-state index in [0.717, 1.165) is 22.4 Å². The summed E-state index contributed by atoms with van der Waals surface area (Å²) < 4.78 is 0. The number of hydrazone groups is 1. The van der Waals surface area contributed by atoms with Crippen molar-refractivity contribution in [2.24, 2.45) is 5.10 Å². The van der Waals surface area contributed by atoms with Crippen molar-refractivity contribution >= 4 is 11.9 Å². The molecule has 3 nitrogen and oxygen atoms in total. The molecule has 2 N–H and O–H groups in total. The predicted octanol–water partition coefficient (Wildman–Crippen LogP) is 3.46. The standard InChI is InChI=1S/C15H16N2O/c1-11-8-13(9-12(2)15(11)18)10-16-17-14-6-4-3-5-7-14/h3-10,17-18H,1-2H3/b16-10-. The van der Waals surface area contributed by atoms with E-state index in [0.29, 0.717) is 5.75 Å². The van der Waals surface area contributed by atoms with Crippen LogP contribution in [0.5, 0.6) is 5.75 Å². The number of aryl methyl sites for hydroxylation is 2. The van der Waals surface area contributed by atoms with E-state index in [1.165, 1.54) is 0 Å². The van der Waals surface area contributed by atoms with Gasteiger partial charge in [-0.3, -0.25) is 5.43 Å². The van der Waals surface area contributed by atoms with E-state index < -0.39 is 0 Å². The van der Waals surface area contributed by atoms with E-state index in [1.807, 2.05) is 56.3 Å². The fourth-order valence-corrected chi connectivity index (χ4v) is 1.76. The summed E-state index contributed by atoms with van der Waals surface area (Å²) in [4.78, 5) is 0. The third-order valence-corrected chi connectivity index (χ3v) is 2.69. The van der Waals surface area contributed by atoms with Gasteiger partial charge in [0.1, 0.15) is 5.75 Å². The second kappa shape index (κ2) is 5.36. The van der Waals surface area contributed by atoms with Crippen molar-refractivity contribution in [2.75, 3.05) is 5.43 Å². The highest BCUT2D eigenvalue weighted by Crippen LogP contribution is 2.22. The van der Waals surface area contributed by atoms with Gasteiger partial charge in [0.15, 0.2) is 0 Å². The molecule has 0 fully saturated rings. The normalized spacial score (nSPS) is 10.8. The number of rotatable bonds is 3. The van der Waals surface area contributed by atoms with Gasteiger partial charge in [0, 0.05) is 0 Å². The zero-order valence-corrected chi connectivity index (χ0v) is 10.5. The van der Waals surface area contributed by atoms with Crippen molar-refractivity contribution in [1.82, 2.24) is 0 Å². The van der Waals surface area contributed by atoms with E-state index in [-0.39, 0.29) is 0 Å². The molecular formula is C15H16N2O. The average molecular weight is 240 g/mol. The monoisotopic (exact) mass is 240 g/mol. The Morgan fingerprint density at radius 2 is 1.67 bits per heavy atom. The molecule has 0 radical (unpaired) electrons. The summed E-state index contributed by atoms with van der Waals surface area (Å²) in [6.45, 7) is 3.76. The van der Waals surface area contributed by atoms with Crippen molar-refractivity contribution in [2.45, 2.75) is 13.8 Å². The topological polar surface area (TPSA) is 44.6 Å². The van der Waals surface area contributed by atoms with Crippen LogP contribution in [0.25, 0.3) is 0 Å². The van der Waals surface area contributed by atoms with Crippen molar-refractivity contribution in [3.8, 4) is 5.75 Å².